The summed E-state index contributed by atoms with van der Waals surface area (Å²) in [5, 5.41) is 4.62. The summed E-state index contributed by atoms with van der Waals surface area (Å²) in [6, 6.07) is 17.3. The largest absolute Gasteiger partial charge is 0.271 e. The maximum Gasteiger partial charge on any atom is 0.262 e. The molecular formula is C22H16Cl2N4OS. The van der Waals surface area contributed by atoms with Crippen LogP contribution in [-0.2, 0) is 4.79 Å². The molecule has 1 amide bonds. The van der Waals surface area contributed by atoms with Gasteiger partial charge in [-0.3, -0.25) is 10.2 Å². The van der Waals surface area contributed by atoms with Crippen molar-refractivity contribution >= 4 is 56.5 Å². The lowest BCUT2D eigenvalue weighted by Crippen LogP contribution is -2.58. The number of alkyl halides is 1. The Morgan fingerprint density at radius 3 is 2.70 bits per heavy atom. The Morgan fingerprint density at radius 2 is 1.90 bits per heavy atom. The number of rotatable bonds is 4. The van der Waals surface area contributed by atoms with E-state index >= 15 is 0 Å². The van der Waals surface area contributed by atoms with Gasteiger partial charge in [-0.05, 0) is 18.6 Å². The number of carbonyl (C=O) groups is 1. The molecular weight excluding hydrogens is 439 g/mol. The van der Waals surface area contributed by atoms with E-state index in [0.717, 1.165) is 27.7 Å². The van der Waals surface area contributed by atoms with Crippen molar-refractivity contribution in [3.05, 3.63) is 76.3 Å². The molecule has 2 atom stereocenters. The molecule has 1 aliphatic heterocycles. The SMILES string of the molecule is Cc1cccc2cc(C3C(Cl)C(=O)N3Nc3nc(-c4ccccc4)cs3)c(Cl)nc12. The van der Waals surface area contributed by atoms with Crippen molar-refractivity contribution in [2.24, 2.45) is 0 Å². The van der Waals surface area contributed by atoms with Gasteiger partial charge in [0.2, 0.25) is 5.13 Å². The first-order chi connectivity index (χ1) is 14.5. The summed E-state index contributed by atoms with van der Waals surface area (Å²) >= 11 is 14.3. The Bertz CT molecular complexity index is 1260. The first-order valence-corrected chi connectivity index (χ1v) is 11.0. The van der Waals surface area contributed by atoms with Crippen LogP contribution in [0.15, 0.2) is 60.0 Å². The van der Waals surface area contributed by atoms with Gasteiger partial charge in [0.15, 0.2) is 0 Å². The lowest BCUT2D eigenvalue weighted by atomic mass is 9.95. The topological polar surface area (TPSA) is 58.1 Å². The number of nitrogens with zero attached hydrogens (tertiary/aromatic N) is 3. The molecule has 0 spiro atoms. The summed E-state index contributed by atoms with van der Waals surface area (Å²) in [5.41, 5.74) is 7.56. The van der Waals surface area contributed by atoms with Crippen molar-refractivity contribution in [1.82, 2.24) is 15.0 Å². The molecule has 1 saturated heterocycles. The summed E-state index contributed by atoms with van der Waals surface area (Å²) in [7, 11) is 0. The maximum atomic E-state index is 12.5. The third kappa shape index (κ3) is 3.21. The van der Waals surface area contributed by atoms with Gasteiger partial charge in [0.1, 0.15) is 16.6 Å². The summed E-state index contributed by atoms with van der Waals surface area (Å²) in [6.07, 6.45) is 0. The standard InChI is InChI=1S/C22H16Cl2N4OS/c1-12-6-5-9-14-10-15(20(24)26-18(12)14)19-17(23)21(29)28(19)27-22-25-16(11-30-22)13-7-3-2-4-8-13/h2-11,17,19H,1H3,(H,25,27). The molecule has 0 bridgehead atoms. The van der Waals surface area contributed by atoms with Gasteiger partial charge in [0.05, 0.1) is 11.2 Å². The normalized spacial score (nSPS) is 18.5. The molecule has 2 aromatic carbocycles. The molecule has 3 heterocycles. The highest BCUT2D eigenvalue weighted by Crippen LogP contribution is 2.42. The minimum atomic E-state index is -0.715. The zero-order valence-electron chi connectivity index (χ0n) is 15.8. The number of fused-ring (bicyclic) bond motifs is 1. The van der Waals surface area contributed by atoms with Crippen molar-refractivity contribution in [3.63, 3.8) is 0 Å². The van der Waals surface area contributed by atoms with Crippen molar-refractivity contribution in [1.29, 1.82) is 0 Å². The van der Waals surface area contributed by atoms with Crippen LogP contribution in [0.3, 0.4) is 0 Å². The Balaban J connectivity index is 1.45. The van der Waals surface area contributed by atoms with E-state index < -0.39 is 11.4 Å². The highest BCUT2D eigenvalue weighted by molar-refractivity contribution is 7.14. The minimum absolute atomic E-state index is 0.224. The number of thiazole rings is 1. The average Bonchev–Trinajstić information content (AvgIpc) is 3.23. The minimum Gasteiger partial charge on any atom is -0.271 e. The van der Waals surface area contributed by atoms with E-state index in [1.165, 1.54) is 16.3 Å². The number of benzene rings is 2. The van der Waals surface area contributed by atoms with Gasteiger partial charge in [-0.25, -0.2) is 15.0 Å². The molecule has 0 aliphatic carbocycles. The van der Waals surface area contributed by atoms with Crippen LogP contribution in [0.1, 0.15) is 17.2 Å². The zero-order valence-corrected chi connectivity index (χ0v) is 18.2. The van der Waals surface area contributed by atoms with Gasteiger partial charge in [0, 0.05) is 21.9 Å². The van der Waals surface area contributed by atoms with E-state index in [2.05, 4.69) is 15.4 Å². The van der Waals surface area contributed by atoms with Crippen LogP contribution >= 0.6 is 34.5 Å². The van der Waals surface area contributed by atoms with Crippen molar-refractivity contribution < 1.29 is 4.79 Å². The molecule has 1 N–H and O–H groups in total. The lowest BCUT2D eigenvalue weighted by Gasteiger charge is -2.44. The van der Waals surface area contributed by atoms with E-state index in [9.17, 15) is 4.79 Å². The Labute approximate surface area is 187 Å². The number of aromatic nitrogens is 2. The third-order valence-electron chi connectivity index (χ3n) is 5.17. The number of aryl methyl sites for hydroxylation is 1. The molecule has 1 fully saturated rings. The molecule has 8 heteroatoms. The average molecular weight is 455 g/mol. The van der Waals surface area contributed by atoms with Crippen LogP contribution in [0.2, 0.25) is 5.15 Å². The number of nitrogens with one attached hydrogen (secondary N) is 1. The molecule has 150 valence electrons. The van der Waals surface area contributed by atoms with Crippen molar-refractivity contribution in [2.75, 3.05) is 5.43 Å². The third-order valence-corrected chi connectivity index (χ3v) is 6.64. The molecule has 0 saturated carbocycles. The van der Waals surface area contributed by atoms with Crippen LogP contribution < -0.4 is 5.43 Å². The summed E-state index contributed by atoms with van der Waals surface area (Å²) in [6.45, 7) is 1.99. The van der Waals surface area contributed by atoms with Crippen LogP contribution in [-0.4, -0.2) is 26.3 Å². The number of para-hydroxylation sites is 1. The van der Waals surface area contributed by atoms with Gasteiger partial charge in [-0.15, -0.1) is 22.9 Å². The van der Waals surface area contributed by atoms with E-state index in [1.807, 2.05) is 66.9 Å². The van der Waals surface area contributed by atoms with E-state index in [0.29, 0.717) is 15.8 Å². The fourth-order valence-electron chi connectivity index (χ4n) is 3.59. The van der Waals surface area contributed by atoms with Crippen LogP contribution in [0.4, 0.5) is 5.13 Å². The van der Waals surface area contributed by atoms with Gasteiger partial charge in [0.25, 0.3) is 5.91 Å². The summed E-state index contributed by atoms with van der Waals surface area (Å²) in [5.74, 6) is -0.224. The second kappa shape index (κ2) is 7.54. The molecule has 5 nitrogen and oxygen atoms in total. The lowest BCUT2D eigenvalue weighted by molar-refractivity contribution is -0.143. The fourth-order valence-corrected chi connectivity index (χ4v) is 4.91. The fraction of sp³-hybridized carbons (Fsp3) is 0.136. The molecule has 0 radical (unpaired) electrons. The van der Waals surface area contributed by atoms with Crippen LogP contribution in [0.25, 0.3) is 22.2 Å². The summed E-state index contributed by atoms with van der Waals surface area (Å²) in [4.78, 5) is 21.6. The predicted molar refractivity (Wildman–Crippen MR) is 122 cm³/mol. The Hall–Kier alpha value is -2.67. The molecule has 30 heavy (non-hydrogen) atoms. The quantitative estimate of drug-likeness (QED) is 0.239. The molecule has 2 aromatic heterocycles. The highest BCUT2D eigenvalue weighted by atomic mass is 35.5. The van der Waals surface area contributed by atoms with Gasteiger partial charge in [-0.2, -0.15) is 0 Å². The molecule has 4 aromatic rings. The van der Waals surface area contributed by atoms with Gasteiger partial charge >= 0.3 is 0 Å². The number of carbonyl (C=O) groups excluding carboxylic acids is 1. The van der Waals surface area contributed by atoms with Crippen molar-refractivity contribution in [3.8, 4) is 11.3 Å². The Morgan fingerprint density at radius 1 is 1.10 bits per heavy atom. The zero-order chi connectivity index (χ0) is 20.8. The predicted octanol–water partition coefficient (Wildman–Crippen LogP) is 5.84. The number of pyridine rings is 1. The number of hydrogen-bond acceptors (Lipinski definition) is 5. The second-order valence-electron chi connectivity index (χ2n) is 7.09. The van der Waals surface area contributed by atoms with E-state index in [4.69, 9.17) is 23.2 Å². The van der Waals surface area contributed by atoms with E-state index in [-0.39, 0.29) is 5.91 Å². The molecule has 2 unspecified atom stereocenters. The van der Waals surface area contributed by atoms with Gasteiger partial charge < -0.3 is 0 Å². The smallest absolute Gasteiger partial charge is 0.262 e. The monoisotopic (exact) mass is 454 g/mol. The number of amides is 1. The Kier molecular flexibility index (Phi) is 4.85. The van der Waals surface area contributed by atoms with Gasteiger partial charge in [-0.1, -0.05) is 60.1 Å². The summed E-state index contributed by atoms with van der Waals surface area (Å²) < 4.78 is 0. The number of anilines is 1. The number of halogens is 2. The van der Waals surface area contributed by atoms with E-state index in [1.54, 1.807) is 0 Å². The van der Waals surface area contributed by atoms with Crippen LogP contribution in [0, 0.1) is 6.92 Å². The molecule has 1 aliphatic rings. The first kappa shape index (κ1) is 19.3. The number of hydrogen-bond donors (Lipinski definition) is 1. The number of hydrazine groups is 1. The maximum absolute atomic E-state index is 12.5. The second-order valence-corrected chi connectivity index (χ2v) is 8.77. The molecule has 5 rings (SSSR count). The van der Waals surface area contributed by atoms with Crippen LogP contribution in [0.5, 0.6) is 0 Å². The van der Waals surface area contributed by atoms with Crippen molar-refractivity contribution in [2.45, 2.75) is 18.3 Å². The highest BCUT2D eigenvalue weighted by Gasteiger charge is 2.49. The number of β-lactam (4-membered cyclic amide) rings is 1. The first-order valence-electron chi connectivity index (χ1n) is 9.33.